The third-order valence-corrected chi connectivity index (χ3v) is 7.30. The molecule has 1 aliphatic carbocycles. The first-order valence-electron chi connectivity index (χ1n) is 10.7. The lowest BCUT2D eigenvalue weighted by molar-refractivity contribution is -0.122. The maximum Gasteiger partial charge on any atom is 0.220 e. The van der Waals surface area contributed by atoms with E-state index in [1.165, 1.54) is 6.33 Å². The zero-order valence-corrected chi connectivity index (χ0v) is 19.5. The van der Waals surface area contributed by atoms with Gasteiger partial charge in [0.25, 0.3) is 0 Å². The Hall–Kier alpha value is -2.27. The Labute approximate surface area is 194 Å². The van der Waals surface area contributed by atoms with E-state index in [2.05, 4.69) is 37.9 Å². The lowest BCUT2D eigenvalue weighted by atomic mass is 10.1. The molecule has 1 amide bonds. The standard InChI is InChI=1S/C21H27ClN6O3S/c1-3-12(5-11-7-32-8-13(11)22)26-20-17-21(24-9-23-20)28(10-25-17)15-6-14(18(30)19(15)31)27-16(29)4-2/h7-10,12,14-15,18-19,30-31H,3-6H2,1-2H3,(H,27,29)(H,23,24,26)/t12-,14?,15+,18+,19-/m0/s1. The Morgan fingerprint density at radius 1 is 1.28 bits per heavy atom. The number of rotatable bonds is 8. The Bertz CT molecular complexity index is 1090. The number of amides is 1. The average Bonchev–Trinajstić information content (AvgIpc) is 3.47. The second kappa shape index (κ2) is 9.70. The molecule has 172 valence electrons. The number of carbonyl (C=O) groups is 1. The van der Waals surface area contributed by atoms with Crippen molar-refractivity contribution in [3.8, 4) is 0 Å². The number of fused-ring (bicyclic) bond motifs is 1. The van der Waals surface area contributed by atoms with Gasteiger partial charge in [0, 0.05) is 17.8 Å². The maximum absolute atomic E-state index is 11.8. The van der Waals surface area contributed by atoms with Gasteiger partial charge in [-0.05, 0) is 30.2 Å². The topological polar surface area (TPSA) is 125 Å². The number of carbonyl (C=O) groups excluding carboxylic acids is 1. The monoisotopic (exact) mass is 478 g/mol. The number of aliphatic hydroxyl groups excluding tert-OH is 2. The summed E-state index contributed by atoms with van der Waals surface area (Å²) in [4.78, 5) is 25.0. The van der Waals surface area contributed by atoms with Crippen molar-refractivity contribution in [3.63, 3.8) is 0 Å². The quantitative estimate of drug-likeness (QED) is 0.392. The fourth-order valence-electron chi connectivity index (χ4n) is 4.15. The molecule has 1 aliphatic rings. The van der Waals surface area contributed by atoms with Crippen LogP contribution in [0.3, 0.4) is 0 Å². The summed E-state index contributed by atoms with van der Waals surface area (Å²) in [5.41, 5.74) is 2.24. The minimum absolute atomic E-state index is 0.109. The summed E-state index contributed by atoms with van der Waals surface area (Å²) in [6, 6.07) is -0.886. The fourth-order valence-corrected chi connectivity index (χ4v) is 5.22. The zero-order chi connectivity index (χ0) is 22.8. The van der Waals surface area contributed by atoms with Crippen molar-refractivity contribution in [3.05, 3.63) is 34.0 Å². The highest BCUT2D eigenvalue weighted by Crippen LogP contribution is 2.34. The molecule has 4 N–H and O–H groups in total. The number of nitrogens with one attached hydrogen (secondary N) is 2. The van der Waals surface area contributed by atoms with Gasteiger partial charge in [0.05, 0.1) is 23.4 Å². The largest absolute Gasteiger partial charge is 0.388 e. The number of aliphatic hydroxyl groups is 2. The molecule has 1 unspecified atom stereocenters. The lowest BCUT2D eigenvalue weighted by Gasteiger charge is -2.19. The van der Waals surface area contributed by atoms with Gasteiger partial charge in [0.1, 0.15) is 24.1 Å². The Morgan fingerprint density at radius 2 is 2.09 bits per heavy atom. The Balaban J connectivity index is 1.56. The van der Waals surface area contributed by atoms with Crippen LogP contribution in [0, 0.1) is 0 Å². The summed E-state index contributed by atoms with van der Waals surface area (Å²) in [6.07, 6.45) is 3.27. The van der Waals surface area contributed by atoms with Gasteiger partial charge in [0.15, 0.2) is 11.5 Å². The molecule has 32 heavy (non-hydrogen) atoms. The van der Waals surface area contributed by atoms with E-state index in [1.54, 1.807) is 29.2 Å². The molecule has 11 heteroatoms. The first kappa shape index (κ1) is 22.9. The smallest absolute Gasteiger partial charge is 0.220 e. The van der Waals surface area contributed by atoms with Gasteiger partial charge in [-0.2, -0.15) is 11.3 Å². The van der Waals surface area contributed by atoms with Crippen LogP contribution >= 0.6 is 22.9 Å². The SMILES string of the molecule is CCC(=O)NC1C[C@@H](n2cnc3c(N[C@@H](CC)Cc4cscc4Cl)ncnc32)[C@H](O)[C@@H]1O. The van der Waals surface area contributed by atoms with E-state index in [-0.39, 0.29) is 11.9 Å². The number of thiophene rings is 1. The summed E-state index contributed by atoms with van der Waals surface area (Å²) in [6.45, 7) is 3.84. The molecule has 0 bridgehead atoms. The maximum atomic E-state index is 11.8. The van der Waals surface area contributed by atoms with Crippen LogP contribution in [0.5, 0.6) is 0 Å². The molecule has 0 aromatic carbocycles. The van der Waals surface area contributed by atoms with Gasteiger partial charge in [0.2, 0.25) is 5.91 Å². The third-order valence-electron chi connectivity index (χ3n) is 6.02. The molecular weight excluding hydrogens is 452 g/mol. The van der Waals surface area contributed by atoms with E-state index in [4.69, 9.17) is 11.6 Å². The fraction of sp³-hybridized carbons (Fsp3) is 0.524. The highest BCUT2D eigenvalue weighted by atomic mass is 35.5. The van der Waals surface area contributed by atoms with E-state index in [0.29, 0.717) is 29.8 Å². The van der Waals surface area contributed by atoms with Crippen LogP contribution in [0.25, 0.3) is 11.2 Å². The molecule has 3 aromatic heterocycles. The van der Waals surface area contributed by atoms with E-state index < -0.39 is 24.3 Å². The number of halogens is 1. The van der Waals surface area contributed by atoms with Gasteiger partial charge in [-0.15, -0.1) is 0 Å². The van der Waals surface area contributed by atoms with Gasteiger partial charge in [-0.3, -0.25) is 4.79 Å². The van der Waals surface area contributed by atoms with Gasteiger partial charge in [-0.1, -0.05) is 25.4 Å². The molecule has 1 fully saturated rings. The van der Waals surface area contributed by atoms with Crippen LogP contribution in [-0.4, -0.2) is 59.9 Å². The predicted molar refractivity (Wildman–Crippen MR) is 124 cm³/mol. The summed E-state index contributed by atoms with van der Waals surface area (Å²) in [7, 11) is 0. The predicted octanol–water partition coefficient (Wildman–Crippen LogP) is 2.54. The molecule has 0 radical (unpaired) electrons. The molecule has 4 rings (SSSR count). The Morgan fingerprint density at radius 3 is 2.78 bits per heavy atom. The Kier molecular flexibility index (Phi) is 6.94. The van der Waals surface area contributed by atoms with Gasteiger partial charge >= 0.3 is 0 Å². The van der Waals surface area contributed by atoms with Crippen LogP contribution < -0.4 is 10.6 Å². The number of hydrogen-bond acceptors (Lipinski definition) is 8. The average molecular weight is 479 g/mol. The van der Waals surface area contributed by atoms with Crippen molar-refractivity contribution in [1.82, 2.24) is 24.8 Å². The van der Waals surface area contributed by atoms with E-state index in [1.807, 2.05) is 5.38 Å². The van der Waals surface area contributed by atoms with Crippen molar-refractivity contribution in [2.45, 2.75) is 69.9 Å². The molecule has 3 heterocycles. The van der Waals surface area contributed by atoms with Crippen LogP contribution in [0.2, 0.25) is 5.02 Å². The van der Waals surface area contributed by atoms with Crippen molar-refractivity contribution in [1.29, 1.82) is 0 Å². The highest BCUT2D eigenvalue weighted by Gasteiger charge is 2.43. The first-order chi connectivity index (χ1) is 15.4. The summed E-state index contributed by atoms with van der Waals surface area (Å²) in [5, 5.41) is 32.1. The minimum atomic E-state index is -1.06. The number of anilines is 1. The molecule has 1 saturated carbocycles. The molecule has 0 spiro atoms. The van der Waals surface area contributed by atoms with Crippen LogP contribution in [0.1, 0.15) is 44.7 Å². The second-order valence-electron chi connectivity index (χ2n) is 8.06. The highest BCUT2D eigenvalue weighted by molar-refractivity contribution is 7.08. The van der Waals surface area contributed by atoms with E-state index >= 15 is 0 Å². The minimum Gasteiger partial charge on any atom is -0.388 e. The summed E-state index contributed by atoms with van der Waals surface area (Å²) < 4.78 is 1.75. The van der Waals surface area contributed by atoms with Gasteiger partial charge in [-0.25, -0.2) is 15.0 Å². The van der Waals surface area contributed by atoms with E-state index in [0.717, 1.165) is 23.4 Å². The van der Waals surface area contributed by atoms with Gasteiger partial charge < -0.3 is 25.4 Å². The molecular formula is C21H27ClN6O3S. The normalized spacial score (nSPS) is 24.0. The van der Waals surface area contributed by atoms with Crippen LogP contribution in [0.4, 0.5) is 5.82 Å². The summed E-state index contributed by atoms with van der Waals surface area (Å²) in [5.74, 6) is 0.443. The third kappa shape index (κ3) is 4.45. The second-order valence-corrected chi connectivity index (χ2v) is 9.21. The number of imidazole rings is 1. The molecule has 5 atom stereocenters. The molecule has 3 aromatic rings. The van der Waals surface area contributed by atoms with Crippen LogP contribution in [-0.2, 0) is 11.2 Å². The first-order valence-corrected chi connectivity index (χ1v) is 12.0. The van der Waals surface area contributed by atoms with Crippen molar-refractivity contribution >= 4 is 45.8 Å². The van der Waals surface area contributed by atoms with Crippen molar-refractivity contribution in [2.24, 2.45) is 0 Å². The van der Waals surface area contributed by atoms with Crippen molar-refractivity contribution < 1.29 is 15.0 Å². The van der Waals surface area contributed by atoms with Crippen molar-refractivity contribution in [2.75, 3.05) is 5.32 Å². The number of aromatic nitrogens is 4. The zero-order valence-electron chi connectivity index (χ0n) is 17.9. The molecule has 0 saturated heterocycles. The lowest BCUT2D eigenvalue weighted by Crippen LogP contribution is -2.42. The summed E-state index contributed by atoms with van der Waals surface area (Å²) >= 11 is 7.84. The number of nitrogens with zero attached hydrogens (tertiary/aromatic N) is 4. The number of hydrogen-bond donors (Lipinski definition) is 4. The van der Waals surface area contributed by atoms with Crippen LogP contribution in [0.15, 0.2) is 23.4 Å². The van der Waals surface area contributed by atoms with E-state index in [9.17, 15) is 15.0 Å². The molecule has 9 nitrogen and oxygen atoms in total. The molecule has 0 aliphatic heterocycles.